The van der Waals surface area contributed by atoms with Crippen molar-refractivity contribution < 1.29 is 38.2 Å². The van der Waals surface area contributed by atoms with Crippen molar-refractivity contribution >= 4 is 36.2 Å². The van der Waals surface area contributed by atoms with E-state index in [4.69, 9.17) is 23.8 Å². The molecule has 1 aliphatic heterocycles. The maximum Gasteiger partial charge on any atom is 0.494 e. The molecule has 0 radical (unpaired) electrons. The number of nitrogens with zero attached hydrogens (tertiary/aromatic N) is 1. The fraction of sp³-hybridized carbons (Fsp3) is 0.419. The van der Waals surface area contributed by atoms with Gasteiger partial charge in [-0.3, -0.25) is 19.7 Å². The molecule has 2 heterocycles. The molecule has 1 fully saturated rings. The lowest BCUT2D eigenvalue weighted by Crippen LogP contribution is -2.41. The van der Waals surface area contributed by atoms with E-state index in [-0.39, 0.29) is 24.1 Å². The number of anilines is 1. The van der Waals surface area contributed by atoms with Crippen LogP contribution in [0.2, 0.25) is 0 Å². The number of hydroxylamine groups is 1. The van der Waals surface area contributed by atoms with Crippen LogP contribution in [0.1, 0.15) is 75.9 Å². The van der Waals surface area contributed by atoms with Gasteiger partial charge in [0.1, 0.15) is 0 Å². The van der Waals surface area contributed by atoms with Crippen molar-refractivity contribution in [2.75, 3.05) is 11.9 Å². The summed E-state index contributed by atoms with van der Waals surface area (Å²) in [6.45, 7) is 8.80. The smallest absolute Gasteiger partial charge is 0.465 e. The summed E-state index contributed by atoms with van der Waals surface area (Å²) in [6, 6.07) is 15.8. The van der Waals surface area contributed by atoms with E-state index < -0.39 is 24.4 Å². The number of amides is 3. The molecule has 1 aromatic heterocycles. The molecule has 0 bridgehead atoms. The molecule has 2 aromatic carbocycles. The van der Waals surface area contributed by atoms with Crippen LogP contribution in [0.25, 0.3) is 11.3 Å². The van der Waals surface area contributed by atoms with Crippen LogP contribution in [0.15, 0.2) is 59.1 Å². The van der Waals surface area contributed by atoms with E-state index in [0.717, 1.165) is 30.3 Å². The van der Waals surface area contributed by atoms with Gasteiger partial charge in [0.2, 0.25) is 5.91 Å². The lowest BCUT2D eigenvalue weighted by Gasteiger charge is -2.32. The van der Waals surface area contributed by atoms with Gasteiger partial charge in [0.05, 0.1) is 17.8 Å². The average Bonchev–Trinajstić information content (AvgIpc) is 3.55. The van der Waals surface area contributed by atoms with Gasteiger partial charge in [-0.25, -0.2) is 10.3 Å². The molecule has 44 heavy (non-hydrogen) atoms. The molecule has 0 saturated carbocycles. The number of rotatable bonds is 14. The van der Waals surface area contributed by atoms with Gasteiger partial charge < -0.3 is 24.3 Å². The van der Waals surface area contributed by atoms with Crippen molar-refractivity contribution in [1.29, 1.82) is 0 Å². The summed E-state index contributed by atoms with van der Waals surface area (Å²) in [7, 11) is -0.421. The Morgan fingerprint density at radius 2 is 1.57 bits per heavy atom. The van der Waals surface area contributed by atoms with E-state index in [1.165, 1.54) is 6.07 Å². The van der Waals surface area contributed by atoms with Crippen LogP contribution in [0.5, 0.6) is 0 Å². The number of carbonyl (C=O) groups is 3. The number of carbonyl (C=O) groups excluding carboxylic acids is 2. The van der Waals surface area contributed by atoms with Gasteiger partial charge in [0.15, 0.2) is 11.5 Å². The van der Waals surface area contributed by atoms with Crippen LogP contribution in [0.3, 0.4) is 0 Å². The van der Waals surface area contributed by atoms with Crippen molar-refractivity contribution in [3.63, 3.8) is 0 Å². The van der Waals surface area contributed by atoms with E-state index in [1.807, 2.05) is 52.0 Å². The van der Waals surface area contributed by atoms with Gasteiger partial charge in [-0.2, -0.15) is 0 Å². The third-order valence-corrected chi connectivity index (χ3v) is 7.71. The molecule has 0 unspecified atom stereocenters. The Labute approximate surface area is 256 Å². The Hall–Kier alpha value is -4.20. The summed E-state index contributed by atoms with van der Waals surface area (Å²) >= 11 is 0. The van der Waals surface area contributed by atoms with E-state index in [0.29, 0.717) is 36.4 Å². The molecule has 3 aromatic rings. The molecule has 0 aliphatic carbocycles. The largest absolute Gasteiger partial charge is 0.494 e. The normalized spacial score (nSPS) is 15.1. The highest BCUT2D eigenvalue weighted by Crippen LogP contribution is 2.36. The Kier molecular flexibility index (Phi) is 10.8. The third-order valence-electron chi connectivity index (χ3n) is 7.71. The second-order valence-corrected chi connectivity index (χ2v) is 11.6. The first-order valence-electron chi connectivity index (χ1n) is 14.6. The monoisotopic (exact) mass is 606 g/mol. The van der Waals surface area contributed by atoms with E-state index in [2.05, 4.69) is 21.3 Å². The van der Waals surface area contributed by atoms with Crippen LogP contribution >= 0.6 is 0 Å². The topological polar surface area (TPSA) is 161 Å². The van der Waals surface area contributed by atoms with Gasteiger partial charge in [0, 0.05) is 30.3 Å². The zero-order valence-corrected chi connectivity index (χ0v) is 25.5. The number of carboxylic acid groups (broad SMARTS) is 1. The highest BCUT2D eigenvalue weighted by atomic mass is 16.7. The number of hydrogen-bond acceptors (Lipinski definition) is 8. The van der Waals surface area contributed by atoms with Crippen LogP contribution in [0, 0.1) is 0 Å². The van der Waals surface area contributed by atoms with Gasteiger partial charge >= 0.3 is 13.2 Å². The van der Waals surface area contributed by atoms with Crippen LogP contribution < -0.4 is 21.6 Å². The number of nitrogens with one attached hydrogen (secondary N) is 3. The van der Waals surface area contributed by atoms with Crippen molar-refractivity contribution in [1.82, 2.24) is 16.0 Å². The SMILES string of the molecule is CC1(C)OB(c2ccc(CONC(=O)CCCCCCNC(=O)c3cc(-c4ccc(NC(=O)O)cc4)on3)cc2)OC1(C)C. The second-order valence-electron chi connectivity index (χ2n) is 11.6. The maximum absolute atomic E-state index is 12.4. The van der Waals surface area contributed by atoms with Gasteiger partial charge in [-0.05, 0) is 75.8 Å². The molecule has 0 spiro atoms. The quantitative estimate of drug-likeness (QED) is 0.116. The Bertz CT molecular complexity index is 1410. The minimum atomic E-state index is -1.15. The lowest BCUT2D eigenvalue weighted by molar-refractivity contribution is -0.134. The first-order valence-corrected chi connectivity index (χ1v) is 14.6. The lowest BCUT2D eigenvalue weighted by atomic mass is 9.79. The predicted molar refractivity (Wildman–Crippen MR) is 164 cm³/mol. The van der Waals surface area contributed by atoms with Crippen molar-refractivity contribution in [2.24, 2.45) is 0 Å². The third kappa shape index (κ3) is 8.91. The maximum atomic E-state index is 12.4. The number of aromatic nitrogens is 1. The highest BCUT2D eigenvalue weighted by Gasteiger charge is 2.51. The molecular weight excluding hydrogens is 567 g/mol. The van der Waals surface area contributed by atoms with E-state index >= 15 is 0 Å². The minimum absolute atomic E-state index is 0.158. The second kappa shape index (κ2) is 14.5. The van der Waals surface area contributed by atoms with E-state index in [1.54, 1.807) is 24.3 Å². The van der Waals surface area contributed by atoms with Gasteiger partial charge in [-0.15, -0.1) is 0 Å². The molecular formula is C31H39BN4O8. The summed E-state index contributed by atoms with van der Waals surface area (Å²) in [5.41, 5.74) is 4.79. The molecule has 13 heteroatoms. The zero-order chi connectivity index (χ0) is 31.7. The number of benzene rings is 2. The van der Waals surface area contributed by atoms with Crippen LogP contribution in [0.4, 0.5) is 10.5 Å². The molecule has 4 rings (SSSR count). The summed E-state index contributed by atoms with van der Waals surface area (Å²) in [6.07, 6.45) is 2.35. The summed E-state index contributed by atoms with van der Waals surface area (Å²) in [5, 5.41) is 17.7. The molecule has 1 aliphatic rings. The first-order chi connectivity index (χ1) is 20.9. The highest BCUT2D eigenvalue weighted by molar-refractivity contribution is 6.62. The fourth-order valence-electron chi connectivity index (χ4n) is 4.42. The standard InChI is InChI=1S/C31H39BN4O8/c1-30(2)31(3,4)44-32(43-30)23-14-10-21(11-15-23)20-41-36-27(37)9-7-5-6-8-18-33-28(38)25-19-26(42-35-25)22-12-16-24(17-13-22)34-29(39)40/h10-17,19,34H,5-9,18,20H2,1-4H3,(H,33,38)(H,36,37)(H,39,40). The zero-order valence-electron chi connectivity index (χ0n) is 25.5. The Balaban J connectivity index is 1.05. The van der Waals surface area contributed by atoms with Gasteiger partial charge in [-0.1, -0.05) is 42.3 Å². The van der Waals surface area contributed by atoms with Crippen LogP contribution in [-0.2, 0) is 25.5 Å². The molecule has 1 saturated heterocycles. The Morgan fingerprint density at radius 3 is 2.23 bits per heavy atom. The predicted octanol–water partition coefficient (Wildman–Crippen LogP) is 4.66. The average molecular weight is 606 g/mol. The van der Waals surface area contributed by atoms with Crippen molar-refractivity contribution in [3.8, 4) is 11.3 Å². The molecule has 0 atom stereocenters. The first kappa shape index (κ1) is 32.7. The molecule has 234 valence electrons. The molecule has 3 amide bonds. The van der Waals surface area contributed by atoms with E-state index in [9.17, 15) is 14.4 Å². The van der Waals surface area contributed by atoms with Crippen molar-refractivity contribution in [2.45, 2.75) is 77.6 Å². The molecule has 4 N–H and O–H groups in total. The fourth-order valence-corrected chi connectivity index (χ4v) is 4.42. The summed E-state index contributed by atoms with van der Waals surface area (Å²) in [4.78, 5) is 40.6. The number of unbranched alkanes of at least 4 members (excludes halogenated alkanes) is 3. The number of hydrogen-bond donors (Lipinski definition) is 4. The summed E-state index contributed by atoms with van der Waals surface area (Å²) in [5.74, 6) is -0.125. The molecule has 12 nitrogen and oxygen atoms in total. The van der Waals surface area contributed by atoms with Crippen LogP contribution in [-0.4, -0.2) is 53.0 Å². The Morgan fingerprint density at radius 1 is 0.909 bits per heavy atom. The van der Waals surface area contributed by atoms with Crippen molar-refractivity contribution in [3.05, 3.63) is 65.9 Å². The minimum Gasteiger partial charge on any atom is -0.465 e. The summed E-state index contributed by atoms with van der Waals surface area (Å²) < 4.78 is 17.4. The van der Waals surface area contributed by atoms with Gasteiger partial charge in [0.25, 0.3) is 5.91 Å².